The lowest BCUT2D eigenvalue weighted by Crippen LogP contribution is -2.25. The zero-order chi connectivity index (χ0) is 25.1. The van der Waals surface area contributed by atoms with Crippen molar-refractivity contribution in [3.8, 4) is 5.75 Å². The predicted molar refractivity (Wildman–Crippen MR) is 141 cm³/mol. The number of carbonyl (C=O) groups excluding carboxylic acids is 1. The van der Waals surface area contributed by atoms with Crippen LogP contribution in [0.3, 0.4) is 0 Å². The summed E-state index contributed by atoms with van der Waals surface area (Å²) in [5, 5.41) is 12.7. The Labute approximate surface area is 211 Å². The molecular weight excluding hydrogens is 474 g/mol. The quantitative estimate of drug-likeness (QED) is 0.327. The second-order valence-corrected chi connectivity index (χ2v) is 9.33. The van der Waals surface area contributed by atoms with Gasteiger partial charge in [0.1, 0.15) is 5.75 Å². The van der Waals surface area contributed by atoms with Crippen LogP contribution in [0.2, 0.25) is 0 Å². The van der Waals surface area contributed by atoms with Crippen LogP contribution >= 0.6 is 11.8 Å². The van der Waals surface area contributed by atoms with Crippen molar-refractivity contribution in [2.24, 2.45) is 0 Å². The third-order valence-corrected chi connectivity index (χ3v) is 6.87. The fourth-order valence-electron chi connectivity index (χ4n) is 4.07. The second kappa shape index (κ2) is 10.2. The van der Waals surface area contributed by atoms with Crippen LogP contribution in [-0.2, 0) is 17.9 Å². The molecule has 36 heavy (non-hydrogen) atoms. The minimum atomic E-state index is -0.139. The fraction of sp³-hybridized carbons (Fsp3) is 0.185. The molecule has 9 heteroatoms. The Bertz CT molecular complexity index is 1610. The van der Waals surface area contributed by atoms with E-state index in [4.69, 9.17) is 4.74 Å². The molecule has 0 aliphatic heterocycles. The van der Waals surface area contributed by atoms with Gasteiger partial charge in [-0.2, -0.15) is 0 Å². The highest BCUT2D eigenvalue weighted by atomic mass is 32.2. The third kappa shape index (κ3) is 4.70. The molecule has 1 N–H and O–H groups in total. The van der Waals surface area contributed by atoms with Crippen molar-refractivity contribution in [3.63, 3.8) is 0 Å². The van der Waals surface area contributed by atoms with Gasteiger partial charge in [-0.05, 0) is 30.7 Å². The van der Waals surface area contributed by atoms with Gasteiger partial charge < -0.3 is 10.1 Å². The summed E-state index contributed by atoms with van der Waals surface area (Å²) in [7, 11) is 1.61. The van der Waals surface area contributed by atoms with Crippen LogP contribution in [-0.4, -0.2) is 37.9 Å². The molecule has 0 fully saturated rings. The van der Waals surface area contributed by atoms with Crippen molar-refractivity contribution in [1.29, 1.82) is 0 Å². The number of aromatic nitrogens is 4. The molecule has 8 nitrogen and oxygen atoms in total. The number of amides is 1. The van der Waals surface area contributed by atoms with E-state index >= 15 is 0 Å². The van der Waals surface area contributed by atoms with Gasteiger partial charge in [-0.1, -0.05) is 71.9 Å². The first kappa shape index (κ1) is 23.6. The Morgan fingerprint density at radius 1 is 1.00 bits per heavy atom. The van der Waals surface area contributed by atoms with Crippen LogP contribution in [0.25, 0.3) is 16.7 Å². The van der Waals surface area contributed by atoms with E-state index in [9.17, 15) is 9.59 Å². The van der Waals surface area contributed by atoms with E-state index in [0.29, 0.717) is 34.9 Å². The molecule has 2 heterocycles. The largest absolute Gasteiger partial charge is 0.496 e. The number of methoxy groups -OCH3 is 1. The maximum absolute atomic E-state index is 13.4. The monoisotopic (exact) mass is 499 g/mol. The molecular formula is C27H25N5O3S. The van der Waals surface area contributed by atoms with E-state index in [2.05, 4.69) is 15.5 Å². The molecule has 0 spiro atoms. The van der Waals surface area contributed by atoms with Gasteiger partial charge in [0.2, 0.25) is 11.7 Å². The smallest absolute Gasteiger partial charge is 0.263 e. The van der Waals surface area contributed by atoms with Crippen LogP contribution in [0.1, 0.15) is 16.7 Å². The van der Waals surface area contributed by atoms with Crippen LogP contribution < -0.4 is 15.6 Å². The number of para-hydroxylation sites is 2. The first-order valence-corrected chi connectivity index (χ1v) is 12.5. The van der Waals surface area contributed by atoms with Crippen LogP contribution in [0, 0.1) is 6.92 Å². The maximum atomic E-state index is 13.4. The van der Waals surface area contributed by atoms with E-state index < -0.39 is 0 Å². The van der Waals surface area contributed by atoms with Gasteiger partial charge >= 0.3 is 0 Å². The molecule has 182 valence electrons. The highest BCUT2D eigenvalue weighted by Gasteiger charge is 2.18. The minimum absolute atomic E-state index is 0.128. The summed E-state index contributed by atoms with van der Waals surface area (Å²) in [5.74, 6) is 1.18. The summed E-state index contributed by atoms with van der Waals surface area (Å²) in [6, 6.07) is 23.0. The number of hydrogen-bond donors (Lipinski definition) is 1. The average Bonchev–Trinajstić information content (AvgIpc) is 3.34. The number of hydrogen-bond acceptors (Lipinski definition) is 6. The molecule has 5 aromatic rings. The van der Waals surface area contributed by atoms with Crippen molar-refractivity contribution < 1.29 is 9.53 Å². The third-order valence-electron chi connectivity index (χ3n) is 5.94. The summed E-state index contributed by atoms with van der Waals surface area (Å²) in [5.41, 5.74) is 3.63. The first-order chi connectivity index (χ1) is 17.5. The van der Waals surface area contributed by atoms with Crippen molar-refractivity contribution in [2.45, 2.75) is 25.2 Å². The van der Waals surface area contributed by atoms with Crippen molar-refractivity contribution in [3.05, 3.63) is 99.8 Å². The van der Waals surface area contributed by atoms with Gasteiger partial charge in [-0.25, -0.2) is 0 Å². The number of nitrogens with one attached hydrogen (secondary N) is 1. The zero-order valence-corrected chi connectivity index (χ0v) is 20.8. The average molecular weight is 500 g/mol. The van der Waals surface area contributed by atoms with Gasteiger partial charge in [0, 0.05) is 12.1 Å². The topological polar surface area (TPSA) is 90.5 Å². The number of carbonyl (C=O) groups is 1. The Hall–Kier alpha value is -4.11. The number of rotatable bonds is 8. The molecule has 0 saturated carbocycles. The number of fused-ring (bicyclic) bond motifs is 3. The molecule has 0 aliphatic carbocycles. The zero-order valence-electron chi connectivity index (χ0n) is 20.0. The lowest BCUT2D eigenvalue weighted by Gasteiger charge is -2.12. The van der Waals surface area contributed by atoms with E-state index in [1.54, 1.807) is 17.7 Å². The maximum Gasteiger partial charge on any atom is 0.263 e. The fourth-order valence-corrected chi connectivity index (χ4v) is 4.84. The van der Waals surface area contributed by atoms with Crippen LogP contribution in [0.5, 0.6) is 5.75 Å². The molecule has 0 atom stereocenters. The molecule has 0 unspecified atom stereocenters. The Kier molecular flexibility index (Phi) is 6.73. The number of thioether (sulfide) groups is 1. The predicted octanol–water partition coefficient (Wildman–Crippen LogP) is 3.82. The molecule has 5 rings (SSSR count). The molecule has 3 aromatic carbocycles. The number of aryl methyl sites for hydroxylation is 1. The summed E-state index contributed by atoms with van der Waals surface area (Å²) < 4.78 is 8.83. The normalized spacial score (nSPS) is 11.2. The number of ether oxygens (including phenoxy) is 1. The number of nitrogens with zero attached hydrogens (tertiary/aromatic N) is 4. The lowest BCUT2D eigenvalue weighted by atomic mass is 10.1. The number of benzene rings is 3. The molecule has 0 bridgehead atoms. The molecule has 0 aliphatic rings. The molecule has 0 radical (unpaired) electrons. The summed E-state index contributed by atoms with van der Waals surface area (Å²) >= 11 is 1.28. The van der Waals surface area contributed by atoms with E-state index in [-0.39, 0.29) is 17.2 Å². The van der Waals surface area contributed by atoms with E-state index in [0.717, 1.165) is 22.4 Å². The van der Waals surface area contributed by atoms with Gasteiger partial charge in [-0.15, -0.1) is 10.2 Å². The van der Waals surface area contributed by atoms with E-state index in [1.807, 2.05) is 78.1 Å². The van der Waals surface area contributed by atoms with Gasteiger partial charge in [-0.3, -0.25) is 18.6 Å². The van der Waals surface area contributed by atoms with E-state index in [1.165, 1.54) is 11.8 Å². The highest BCUT2D eigenvalue weighted by molar-refractivity contribution is 7.99. The van der Waals surface area contributed by atoms with Crippen molar-refractivity contribution >= 4 is 34.3 Å². The molecule has 2 aromatic heterocycles. The Morgan fingerprint density at radius 3 is 2.56 bits per heavy atom. The van der Waals surface area contributed by atoms with Crippen molar-refractivity contribution in [2.75, 3.05) is 12.9 Å². The standard InChI is InChI=1S/C27H25N5O3S/c1-18-11-13-19(14-12-18)16-31-25(34)21-8-4-5-9-22(21)32-26(31)29-30-27(32)36-17-24(33)28-15-20-7-3-6-10-23(20)35-2/h3-14H,15-17H2,1-2H3,(H,28,33). The Balaban J connectivity index is 1.42. The van der Waals surface area contributed by atoms with Crippen LogP contribution in [0.15, 0.2) is 82.7 Å². The van der Waals surface area contributed by atoms with Gasteiger partial charge in [0.15, 0.2) is 5.16 Å². The van der Waals surface area contributed by atoms with Gasteiger partial charge in [0.25, 0.3) is 5.56 Å². The van der Waals surface area contributed by atoms with Crippen LogP contribution in [0.4, 0.5) is 0 Å². The summed E-state index contributed by atoms with van der Waals surface area (Å²) in [6.07, 6.45) is 0. The van der Waals surface area contributed by atoms with Crippen molar-refractivity contribution in [1.82, 2.24) is 24.5 Å². The molecule has 0 saturated heterocycles. The first-order valence-electron chi connectivity index (χ1n) is 11.5. The van der Waals surface area contributed by atoms with Gasteiger partial charge in [0.05, 0.1) is 30.3 Å². The second-order valence-electron chi connectivity index (χ2n) is 8.39. The lowest BCUT2D eigenvalue weighted by molar-refractivity contribution is -0.118. The summed E-state index contributed by atoms with van der Waals surface area (Å²) in [6.45, 7) is 2.76. The summed E-state index contributed by atoms with van der Waals surface area (Å²) in [4.78, 5) is 26.0. The minimum Gasteiger partial charge on any atom is -0.496 e. The molecule has 1 amide bonds. The highest BCUT2D eigenvalue weighted by Crippen LogP contribution is 2.22. The SMILES string of the molecule is COc1ccccc1CNC(=O)CSc1nnc2n(Cc3ccc(C)cc3)c(=O)c3ccccc3n12. The Morgan fingerprint density at radius 2 is 1.75 bits per heavy atom.